The topological polar surface area (TPSA) is 43.4 Å². The summed E-state index contributed by atoms with van der Waals surface area (Å²) >= 11 is 0. The van der Waals surface area contributed by atoms with Gasteiger partial charge in [0.2, 0.25) is 0 Å². The fourth-order valence-corrected chi connectivity index (χ4v) is 4.55. The Bertz CT molecular complexity index is 545. The number of rotatable bonds is 0. The lowest BCUT2D eigenvalue weighted by Crippen LogP contribution is -2.27. The quantitative estimate of drug-likeness (QED) is 0.501. The van der Waals surface area contributed by atoms with E-state index < -0.39 is 0 Å². The monoisotopic (exact) mass is 272 g/mol. The van der Waals surface area contributed by atoms with Crippen molar-refractivity contribution in [2.45, 2.75) is 57.8 Å². The second-order valence-corrected chi connectivity index (χ2v) is 6.54. The average Bonchev–Trinajstić information content (AvgIpc) is 3.03. The molecule has 0 aromatic rings. The Morgan fingerprint density at radius 1 is 0.800 bits per heavy atom. The average molecular weight is 272 g/mol. The van der Waals surface area contributed by atoms with E-state index in [2.05, 4.69) is 0 Å². The summed E-state index contributed by atoms with van der Waals surface area (Å²) in [5.41, 5.74) is 5.55. The predicted octanol–water partition coefficient (Wildman–Crippen LogP) is 3.45. The largest absolute Gasteiger partial charge is 0.392 e. The molecule has 0 aromatic heterocycles. The molecule has 1 saturated heterocycles. The van der Waals surface area contributed by atoms with Crippen molar-refractivity contribution in [1.29, 1.82) is 0 Å². The van der Waals surface area contributed by atoms with Gasteiger partial charge in [-0.1, -0.05) is 17.6 Å². The molecule has 0 radical (unpaired) electrons. The SMILES string of the molecule is O=C1OC(=O)[C@H]2CC3=C(CCC3)C(=C3CCCCC3)[C@@H]12. The molecule has 0 amide bonds. The van der Waals surface area contributed by atoms with Gasteiger partial charge in [0.25, 0.3) is 0 Å². The van der Waals surface area contributed by atoms with Crippen LogP contribution in [0.4, 0.5) is 0 Å². The van der Waals surface area contributed by atoms with Gasteiger partial charge in [0, 0.05) is 0 Å². The second kappa shape index (κ2) is 4.57. The molecule has 3 aliphatic carbocycles. The zero-order chi connectivity index (χ0) is 13.7. The van der Waals surface area contributed by atoms with Gasteiger partial charge in [0.15, 0.2) is 0 Å². The van der Waals surface area contributed by atoms with E-state index in [1.807, 2.05) is 0 Å². The Hall–Kier alpha value is -1.38. The van der Waals surface area contributed by atoms with Crippen LogP contribution in [0.25, 0.3) is 0 Å². The van der Waals surface area contributed by atoms with E-state index in [9.17, 15) is 9.59 Å². The van der Waals surface area contributed by atoms with Crippen LogP contribution in [0.15, 0.2) is 22.3 Å². The molecule has 2 atom stereocenters. The van der Waals surface area contributed by atoms with Gasteiger partial charge in [-0.2, -0.15) is 0 Å². The third-order valence-corrected chi connectivity index (χ3v) is 5.43. The minimum atomic E-state index is -0.286. The molecule has 2 fully saturated rings. The van der Waals surface area contributed by atoms with Crippen LogP contribution in [0.3, 0.4) is 0 Å². The molecule has 0 N–H and O–H groups in total. The van der Waals surface area contributed by atoms with Crippen molar-refractivity contribution in [2.24, 2.45) is 11.8 Å². The Morgan fingerprint density at radius 2 is 1.55 bits per heavy atom. The van der Waals surface area contributed by atoms with Crippen molar-refractivity contribution in [3.63, 3.8) is 0 Å². The molecule has 0 bridgehead atoms. The van der Waals surface area contributed by atoms with Crippen molar-refractivity contribution < 1.29 is 14.3 Å². The van der Waals surface area contributed by atoms with Crippen molar-refractivity contribution in [3.05, 3.63) is 22.3 Å². The molecule has 1 saturated carbocycles. The van der Waals surface area contributed by atoms with Gasteiger partial charge in [0.1, 0.15) is 0 Å². The number of cyclic esters (lactones) is 2. The number of esters is 2. The van der Waals surface area contributed by atoms with Crippen molar-refractivity contribution in [2.75, 3.05) is 0 Å². The van der Waals surface area contributed by atoms with Crippen LogP contribution in [0.5, 0.6) is 0 Å². The van der Waals surface area contributed by atoms with Crippen LogP contribution in [-0.2, 0) is 14.3 Å². The lowest BCUT2D eigenvalue weighted by molar-refractivity contribution is -0.153. The summed E-state index contributed by atoms with van der Waals surface area (Å²) < 4.78 is 4.96. The Kier molecular flexibility index (Phi) is 2.83. The van der Waals surface area contributed by atoms with Gasteiger partial charge in [-0.3, -0.25) is 9.59 Å². The van der Waals surface area contributed by atoms with E-state index in [0.29, 0.717) is 0 Å². The highest BCUT2D eigenvalue weighted by Gasteiger charge is 2.51. The molecule has 0 unspecified atom stereocenters. The first-order chi connectivity index (χ1) is 9.75. The first kappa shape index (κ1) is 12.4. The predicted molar refractivity (Wildman–Crippen MR) is 73.7 cm³/mol. The molecule has 3 heteroatoms. The minimum absolute atomic E-state index is 0.219. The lowest BCUT2D eigenvalue weighted by Gasteiger charge is -2.30. The maximum absolute atomic E-state index is 12.2. The van der Waals surface area contributed by atoms with Crippen LogP contribution in [-0.4, -0.2) is 11.9 Å². The van der Waals surface area contributed by atoms with Gasteiger partial charge in [-0.25, -0.2) is 0 Å². The van der Waals surface area contributed by atoms with Crippen LogP contribution < -0.4 is 0 Å². The molecule has 1 aliphatic heterocycles. The number of hydrogen-bond acceptors (Lipinski definition) is 3. The van der Waals surface area contributed by atoms with E-state index in [0.717, 1.165) is 32.1 Å². The minimum Gasteiger partial charge on any atom is -0.392 e. The number of fused-ring (bicyclic) bond motifs is 1. The zero-order valence-corrected chi connectivity index (χ0v) is 11.7. The fourth-order valence-electron chi connectivity index (χ4n) is 4.55. The highest BCUT2D eigenvalue weighted by atomic mass is 16.6. The summed E-state index contributed by atoms with van der Waals surface area (Å²) in [6.07, 6.45) is 10.1. The van der Waals surface area contributed by atoms with Crippen molar-refractivity contribution >= 4 is 11.9 Å². The van der Waals surface area contributed by atoms with Crippen LogP contribution in [0.1, 0.15) is 57.8 Å². The molecule has 20 heavy (non-hydrogen) atoms. The Balaban J connectivity index is 1.85. The first-order valence-corrected chi connectivity index (χ1v) is 7.94. The summed E-state index contributed by atoms with van der Waals surface area (Å²) in [5, 5.41) is 0. The Morgan fingerprint density at radius 3 is 2.35 bits per heavy atom. The van der Waals surface area contributed by atoms with Gasteiger partial charge in [0.05, 0.1) is 11.8 Å². The zero-order valence-electron chi connectivity index (χ0n) is 11.7. The summed E-state index contributed by atoms with van der Waals surface area (Å²) in [5.74, 6) is -1.06. The molecule has 4 aliphatic rings. The lowest BCUT2D eigenvalue weighted by atomic mass is 9.71. The summed E-state index contributed by atoms with van der Waals surface area (Å²) in [4.78, 5) is 24.1. The number of carbonyl (C=O) groups excluding carboxylic acids is 2. The molecule has 1 heterocycles. The highest BCUT2D eigenvalue weighted by molar-refractivity contribution is 5.99. The summed E-state index contributed by atoms with van der Waals surface area (Å²) in [7, 11) is 0. The third kappa shape index (κ3) is 1.72. The van der Waals surface area contributed by atoms with Gasteiger partial charge >= 0.3 is 11.9 Å². The standard InChI is InChI=1S/C17H20O3/c18-16-13-9-11-7-4-8-12(11)14(15(13)17(19)20-16)10-5-2-1-3-6-10/h13,15H,1-9H2/t13-,15-/m0/s1. The van der Waals surface area contributed by atoms with Crippen molar-refractivity contribution in [3.8, 4) is 0 Å². The third-order valence-electron chi connectivity index (χ3n) is 5.43. The number of ether oxygens (including phenoxy) is 1. The van der Waals surface area contributed by atoms with E-state index in [-0.39, 0.29) is 23.8 Å². The molecule has 0 spiro atoms. The maximum atomic E-state index is 12.2. The van der Waals surface area contributed by atoms with E-state index in [1.165, 1.54) is 48.0 Å². The second-order valence-electron chi connectivity index (χ2n) is 6.54. The number of carbonyl (C=O) groups is 2. The van der Waals surface area contributed by atoms with Gasteiger partial charge < -0.3 is 4.74 Å². The van der Waals surface area contributed by atoms with Gasteiger partial charge in [-0.05, 0) is 62.5 Å². The van der Waals surface area contributed by atoms with Crippen LogP contribution >= 0.6 is 0 Å². The first-order valence-electron chi connectivity index (χ1n) is 7.94. The maximum Gasteiger partial charge on any atom is 0.321 e. The molecular weight excluding hydrogens is 252 g/mol. The van der Waals surface area contributed by atoms with E-state index in [4.69, 9.17) is 4.74 Å². The summed E-state index contributed by atoms with van der Waals surface area (Å²) in [6, 6.07) is 0. The number of hydrogen-bond donors (Lipinski definition) is 0. The number of allylic oxidation sites excluding steroid dienone is 3. The normalized spacial score (nSPS) is 33.4. The van der Waals surface area contributed by atoms with Gasteiger partial charge in [-0.15, -0.1) is 0 Å². The van der Waals surface area contributed by atoms with E-state index >= 15 is 0 Å². The molecule has 4 rings (SSSR count). The molecule has 106 valence electrons. The van der Waals surface area contributed by atoms with Crippen LogP contribution in [0, 0.1) is 11.8 Å². The van der Waals surface area contributed by atoms with Crippen LogP contribution in [0.2, 0.25) is 0 Å². The highest BCUT2D eigenvalue weighted by Crippen LogP contribution is 2.51. The van der Waals surface area contributed by atoms with Crippen molar-refractivity contribution in [1.82, 2.24) is 0 Å². The molecule has 3 nitrogen and oxygen atoms in total. The molecular formula is C17H20O3. The molecule has 0 aromatic carbocycles. The fraction of sp³-hybridized carbons (Fsp3) is 0.647. The van der Waals surface area contributed by atoms with E-state index in [1.54, 1.807) is 0 Å². The summed E-state index contributed by atoms with van der Waals surface area (Å²) in [6.45, 7) is 0. The Labute approximate surface area is 119 Å². The smallest absolute Gasteiger partial charge is 0.321 e.